The predicted molar refractivity (Wildman–Crippen MR) is 80.7 cm³/mol. The molecule has 2 aliphatic carbocycles. The molecule has 0 bridgehead atoms. The van der Waals surface area contributed by atoms with Crippen LogP contribution in [-0.4, -0.2) is 48.2 Å². The summed E-state index contributed by atoms with van der Waals surface area (Å²) in [6, 6.07) is 1.60. The highest BCUT2D eigenvalue weighted by Gasteiger charge is 2.42. The smallest absolute Gasteiger partial charge is 0.326 e. The zero-order valence-electron chi connectivity index (χ0n) is 13.4. The van der Waals surface area contributed by atoms with Crippen LogP contribution in [0.25, 0.3) is 0 Å². The summed E-state index contributed by atoms with van der Waals surface area (Å²) in [5.41, 5.74) is -0.547. The molecule has 2 atom stereocenters. The summed E-state index contributed by atoms with van der Waals surface area (Å²) in [5, 5.41) is 3.51. The fourth-order valence-electron chi connectivity index (χ4n) is 3.06. The molecule has 0 aromatic carbocycles. The molecule has 0 aromatic heterocycles. The quantitative estimate of drug-likeness (QED) is 0.694. The molecule has 116 valence electrons. The van der Waals surface area contributed by atoms with Crippen LogP contribution in [0, 0.1) is 0 Å². The zero-order valence-corrected chi connectivity index (χ0v) is 13.4. The Morgan fingerprint density at radius 3 is 2.50 bits per heavy atom. The van der Waals surface area contributed by atoms with E-state index in [1.54, 1.807) is 0 Å². The van der Waals surface area contributed by atoms with Crippen molar-refractivity contribution in [3.63, 3.8) is 0 Å². The number of nitrogens with zero attached hydrogens (tertiary/aromatic N) is 1. The van der Waals surface area contributed by atoms with Crippen molar-refractivity contribution in [1.82, 2.24) is 10.2 Å². The summed E-state index contributed by atoms with van der Waals surface area (Å²) in [6.07, 6.45) is 7.12. The molecular weight excluding hydrogens is 252 g/mol. The van der Waals surface area contributed by atoms with Crippen molar-refractivity contribution in [2.24, 2.45) is 0 Å². The number of ether oxygens (including phenoxy) is 1. The Labute approximate surface area is 123 Å². The van der Waals surface area contributed by atoms with Crippen LogP contribution in [-0.2, 0) is 9.53 Å². The maximum absolute atomic E-state index is 12.3. The third-order valence-corrected chi connectivity index (χ3v) is 4.88. The van der Waals surface area contributed by atoms with E-state index in [-0.39, 0.29) is 5.97 Å². The zero-order chi connectivity index (χ0) is 14.8. The molecule has 0 amide bonds. The van der Waals surface area contributed by atoms with E-state index in [9.17, 15) is 4.79 Å². The fraction of sp³-hybridized carbons (Fsp3) is 0.938. The molecule has 0 aliphatic heterocycles. The van der Waals surface area contributed by atoms with Gasteiger partial charge in [-0.25, -0.2) is 0 Å². The van der Waals surface area contributed by atoms with Crippen molar-refractivity contribution in [2.75, 3.05) is 13.7 Å². The highest BCUT2D eigenvalue weighted by atomic mass is 16.5. The van der Waals surface area contributed by atoms with Gasteiger partial charge in [-0.05, 0) is 59.9 Å². The highest BCUT2D eigenvalue weighted by molar-refractivity contribution is 5.80. The number of nitrogens with one attached hydrogen (secondary N) is 1. The molecule has 2 rings (SSSR count). The summed E-state index contributed by atoms with van der Waals surface area (Å²) in [6.45, 7) is 6.56. The summed E-state index contributed by atoms with van der Waals surface area (Å²) < 4.78 is 5.30. The average Bonchev–Trinajstić information content (AvgIpc) is 3.10. The van der Waals surface area contributed by atoms with E-state index in [2.05, 4.69) is 24.2 Å². The van der Waals surface area contributed by atoms with Gasteiger partial charge < -0.3 is 9.64 Å². The second-order valence-corrected chi connectivity index (χ2v) is 6.77. The van der Waals surface area contributed by atoms with Crippen LogP contribution in [0.15, 0.2) is 0 Å². The Bertz CT molecular complexity index is 339. The number of rotatable bonds is 8. The summed E-state index contributed by atoms with van der Waals surface area (Å²) >= 11 is 0. The van der Waals surface area contributed by atoms with Crippen LogP contribution in [0.2, 0.25) is 0 Å². The highest BCUT2D eigenvalue weighted by Crippen LogP contribution is 2.30. The van der Waals surface area contributed by atoms with E-state index in [4.69, 9.17) is 4.74 Å². The Balaban J connectivity index is 1.95. The second kappa shape index (κ2) is 6.44. The molecule has 0 heterocycles. The minimum Gasteiger partial charge on any atom is -0.465 e. The third kappa shape index (κ3) is 3.73. The number of esters is 1. The molecule has 4 heteroatoms. The van der Waals surface area contributed by atoms with E-state index >= 15 is 0 Å². The largest absolute Gasteiger partial charge is 0.465 e. The van der Waals surface area contributed by atoms with Crippen molar-refractivity contribution in [2.45, 2.75) is 83.0 Å². The fourth-order valence-corrected chi connectivity index (χ4v) is 3.06. The Hall–Kier alpha value is -0.610. The molecule has 1 N–H and O–H groups in total. The van der Waals surface area contributed by atoms with Crippen molar-refractivity contribution in [3.05, 3.63) is 0 Å². The van der Waals surface area contributed by atoms with E-state index in [1.165, 1.54) is 32.1 Å². The maximum Gasteiger partial charge on any atom is 0.326 e. The van der Waals surface area contributed by atoms with Gasteiger partial charge in [-0.3, -0.25) is 10.1 Å². The first-order chi connectivity index (χ1) is 9.46. The normalized spacial score (nSPS) is 24.1. The second-order valence-electron chi connectivity index (χ2n) is 6.77. The lowest BCUT2D eigenvalue weighted by atomic mass is 9.87. The molecule has 2 unspecified atom stereocenters. The maximum atomic E-state index is 12.3. The van der Waals surface area contributed by atoms with Gasteiger partial charge in [-0.15, -0.1) is 0 Å². The van der Waals surface area contributed by atoms with E-state index in [1.807, 2.05) is 13.8 Å². The van der Waals surface area contributed by atoms with Gasteiger partial charge in [-0.2, -0.15) is 0 Å². The lowest BCUT2D eigenvalue weighted by Gasteiger charge is -2.41. The van der Waals surface area contributed by atoms with Crippen LogP contribution < -0.4 is 5.32 Å². The van der Waals surface area contributed by atoms with Crippen molar-refractivity contribution >= 4 is 5.97 Å². The van der Waals surface area contributed by atoms with Crippen molar-refractivity contribution < 1.29 is 9.53 Å². The summed E-state index contributed by atoms with van der Waals surface area (Å²) in [4.78, 5) is 14.8. The van der Waals surface area contributed by atoms with Crippen molar-refractivity contribution in [1.29, 1.82) is 0 Å². The summed E-state index contributed by atoms with van der Waals surface area (Å²) in [7, 11) is 2.19. The standard InChI is InChI=1S/C16H30N2O2/c1-5-20-15(19)16(3,17-13-9-10-13)11-12(2)18(4)14-7-6-8-14/h12-14,17H,5-11H2,1-4H3. The molecule has 4 nitrogen and oxygen atoms in total. The first kappa shape index (κ1) is 15.8. The van der Waals surface area contributed by atoms with Gasteiger partial charge in [0.1, 0.15) is 5.54 Å². The van der Waals surface area contributed by atoms with Gasteiger partial charge in [0.25, 0.3) is 0 Å². The molecule has 2 aliphatic rings. The third-order valence-electron chi connectivity index (χ3n) is 4.88. The molecular formula is C16H30N2O2. The van der Waals surface area contributed by atoms with Crippen LogP contribution in [0.1, 0.15) is 59.3 Å². The summed E-state index contributed by atoms with van der Waals surface area (Å²) in [5.74, 6) is -0.0965. The SMILES string of the molecule is CCOC(=O)C(C)(CC(C)N(C)C1CCC1)NC1CC1. The minimum absolute atomic E-state index is 0.0965. The monoisotopic (exact) mass is 282 g/mol. The van der Waals surface area contributed by atoms with Gasteiger partial charge >= 0.3 is 5.97 Å². The molecule has 20 heavy (non-hydrogen) atoms. The van der Waals surface area contributed by atoms with Gasteiger partial charge in [-0.1, -0.05) is 6.42 Å². The molecule has 2 fully saturated rings. The molecule has 0 spiro atoms. The van der Waals surface area contributed by atoms with Crippen LogP contribution in [0.4, 0.5) is 0 Å². The van der Waals surface area contributed by atoms with E-state index < -0.39 is 5.54 Å². The molecule has 2 saturated carbocycles. The minimum atomic E-state index is -0.547. The van der Waals surface area contributed by atoms with Gasteiger partial charge in [0, 0.05) is 18.1 Å². The van der Waals surface area contributed by atoms with Crippen LogP contribution in [0.5, 0.6) is 0 Å². The van der Waals surface area contributed by atoms with Gasteiger partial charge in [0.15, 0.2) is 0 Å². The lowest BCUT2D eigenvalue weighted by molar-refractivity contribution is -0.151. The molecule has 0 aromatic rings. The number of hydrogen-bond donors (Lipinski definition) is 1. The van der Waals surface area contributed by atoms with E-state index in [0.717, 1.165) is 6.42 Å². The van der Waals surface area contributed by atoms with E-state index in [0.29, 0.717) is 24.7 Å². The van der Waals surface area contributed by atoms with Gasteiger partial charge in [0.2, 0.25) is 0 Å². The predicted octanol–water partition coefficient (Wildman–Crippen LogP) is 2.32. The van der Waals surface area contributed by atoms with Crippen LogP contribution in [0.3, 0.4) is 0 Å². The van der Waals surface area contributed by atoms with Gasteiger partial charge in [0.05, 0.1) is 6.61 Å². The average molecular weight is 282 g/mol. The molecule has 0 radical (unpaired) electrons. The number of carbonyl (C=O) groups excluding carboxylic acids is 1. The molecule has 0 saturated heterocycles. The lowest BCUT2D eigenvalue weighted by Crippen LogP contribution is -2.56. The Morgan fingerprint density at radius 2 is 2.05 bits per heavy atom. The van der Waals surface area contributed by atoms with Crippen LogP contribution >= 0.6 is 0 Å². The topological polar surface area (TPSA) is 41.6 Å². The van der Waals surface area contributed by atoms with Crippen molar-refractivity contribution in [3.8, 4) is 0 Å². The Kier molecular flexibility index (Phi) is 5.08. The first-order valence-corrected chi connectivity index (χ1v) is 8.13. The first-order valence-electron chi connectivity index (χ1n) is 8.13. The Morgan fingerprint density at radius 1 is 1.40 bits per heavy atom. The number of hydrogen-bond acceptors (Lipinski definition) is 4. The number of carbonyl (C=O) groups is 1.